The van der Waals surface area contributed by atoms with Gasteiger partial charge >= 0.3 is 0 Å². The summed E-state index contributed by atoms with van der Waals surface area (Å²) in [6, 6.07) is 6.37. The Morgan fingerprint density at radius 1 is 1.44 bits per heavy atom. The standard InChI is InChI=1S/C12H14FN3OS/c1-2-9(14)12-15-11(16-17-12)7-18-10-6-4-3-5-8(10)13/h3-6,9H,2,7,14H2,1H3/t9-/m0/s1. The van der Waals surface area contributed by atoms with Gasteiger partial charge in [0.2, 0.25) is 5.89 Å². The summed E-state index contributed by atoms with van der Waals surface area (Å²) >= 11 is 1.33. The molecule has 0 aliphatic rings. The summed E-state index contributed by atoms with van der Waals surface area (Å²) in [5.74, 6) is 1.18. The molecule has 0 aliphatic heterocycles. The predicted octanol–water partition coefficient (Wildman–Crippen LogP) is 2.91. The second-order valence-electron chi connectivity index (χ2n) is 3.78. The minimum atomic E-state index is -0.239. The third-order valence-electron chi connectivity index (χ3n) is 2.43. The van der Waals surface area contributed by atoms with Gasteiger partial charge in [-0.1, -0.05) is 24.2 Å². The monoisotopic (exact) mass is 267 g/mol. The van der Waals surface area contributed by atoms with Crippen LogP contribution in [0.5, 0.6) is 0 Å². The largest absolute Gasteiger partial charge is 0.338 e. The Balaban J connectivity index is 1.98. The fourth-order valence-corrected chi connectivity index (χ4v) is 2.14. The summed E-state index contributed by atoms with van der Waals surface area (Å²) in [6.07, 6.45) is 0.738. The van der Waals surface area contributed by atoms with Crippen molar-refractivity contribution in [3.8, 4) is 0 Å². The minimum Gasteiger partial charge on any atom is -0.338 e. The van der Waals surface area contributed by atoms with Crippen molar-refractivity contribution in [2.75, 3.05) is 0 Å². The molecular formula is C12H14FN3OS. The molecule has 1 aromatic carbocycles. The SMILES string of the molecule is CC[C@H](N)c1nc(CSc2ccccc2F)no1. The molecule has 4 nitrogen and oxygen atoms in total. The van der Waals surface area contributed by atoms with Gasteiger partial charge in [-0.25, -0.2) is 4.39 Å². The van der Waals surface area contributed by atoms with Gasteiger partial charge in [-0.15, -0.1) is 11.8 Å². The molecule has 18 heavy (non-hydrogen) atoms. The highest BCUT2D eigenvalue weighted by molar-refractivity contribution is 7.98. The molecule has 1 aromatic heterocycles. The molecule has 96 valence electrons. The average molecular weight is 267 g/mol. The summed E-state index contributed by atoms with van der Waals surface area (Å²) in [5, 5.41) is 3.82. The van der Waals surface area contributed by atoms with Crippen LogP contribution in [0.4, 0.5) is 4.39 Å². The number of benzene rings is 1. The maximum atomic E-state index is 13.4. The van der Waals surface area contributed by atoms with Crippen molar-refractivity contribution in [2.45, 2.75) is 30.0 Å². The van der Waals surface area contributed by atoms with Gasteiger partial charge in [0.25, 0.3) is 0 Å². The molecule has 2 rings (SSSR count). The number of hydrogen-bond acceptors (Lipinski definition) is 5. The predicted molar refractivity (Wildman–Crippen MR) is 67.5 cm³/mol. The first kappa shape index (κ1) is 13.0. The fraction of sp³-hybridized carbons (Fsp3) is 0.333. The van der Waals surface area contributed by atoms with Crippen molar-refractivity contribution < 1.29 is 8.91 Å². The normalized spacial score (nSPS) is 12.6. The van der Waals surface area contributed by atoms with Crippen LogP contribution < -0.4 is 5.73 Å². The Morgan fingerprint density at radius 3 is 2.94 bits per heavy atom. The molecule has 1 atom stereocenters. The van der Waals surface area contributed by atoms with Gasteiger partial charge in [0.15, 0.2) is 5.82 Å². The maximum Gasteiger partial charge on any atom is 0.243 e. The van der Waals surface area contributed by atoms with Crippen molar-refractivity contribution >= 4 is 11.8 Å². The molecule has 0 amide bonds. The Morgan fingerprint density at radius 2 is 2.22 bits per heavy atom. The first-order valence-electron chi connectivity index (χ1n) is 5.66. The van der Waals surface area contributed by atoms with E-state index in [9.17, 15) is 4.39 Å². The van der Waals surface area contributed by atoms with Gasteiger partial charge in [0.1, 0.15) is 5.82 Å². The van der Waals surface area contributed by atoms with E-state index < -0.39 is 0 Å². The van der Waals surface area contributed by atoms with Gasteiger partial charge in [-0.2, -0.15) is 4.98 Å². The number of aromatic nitrogens is 2. The molecule has 2 aromatic rings. The lowest BCUT2D eigenvalue weighted by Crippen LogP contribution is -2.08. The summed E-state index contributed by atoms with van der Waals surface area (Å²) < 4.78 is 18.4. The van der Waals surface area contributed by atoms with Crippen LogP contribution in [0.3, 0.4) is 0 Å². The lowest BCUT2D eigenvalue weighted by molar-refractivity contribution is 0.349. The highest BCUT2D eigenvalue weighted by Crippen LogP contribution is 2.24. The number of rotatable bonds is 5. The van der Waals surface area contributed by atoms with Crippen molar-refractivity contribution in [3.05, 3.63) is 41.8 Å². The van der Waals surface area contributed by atoms with E-state index in [2.05, 4.69) is 10.1 Å². The second-order valence-corrected chi connectivity index (χ2v) is 4.80. The highest BCUT2D eigenvalue weighted by atomic mass is 32.2. The summed E-state index contributed by atoms with van der Waals surface area (Å²) in [4.78, 5) is 4.75. The summed E-state index contributed by atoms with van der Waals surface area (Å²) in [5.41, 5.74) is 5.78. The molecule has 0 fully saturated rings. The van der Waals surface area contributed by atoms with E-state index in [-0.39, 0.29) is 11.9 Å². The third-order valence-corrected chi connectivity index (χ3v) is 3.48. The van der Waals surface area contributed by atoms with E-state index in [1.807, 2.05) is 6.92 Å². The van der Waals surface area contributed by atoms with Crippen LogP contribution in [-0.2, 0) is 5.75 Å². The summed E-state index contributed by atoms with van der Waals surface area (Å²) in [6.45, 7) is 1.95. The topological polar surface area (TPSA) is 64.9 Å². The molecule has 0 saturated heterocycles. The highest BCUT2D eigenvalue weighted by Gasteiger charge is 2.13. The maximum absolute atomic E-state index is 13.4. The Kier molecular flexibility index (Phi) is 4.33. The molecule has 0 saturated carbocycles. The zero-order chi connectivity index (χ0) is 13.0. The van der Waals surface area contributed by atoms with Crippen LogP contribution in [0.15, 0.2) is 33.7 Å². The van der Waals surface area contributed by atoms with Gasteiger partial charge in [0.05, 0.1) is 11.8 Å². The number of halogens is 1. The van der Waals surface area contributed by atoms with Crippen molar-refractivity contribution in [1.82, 2.24) is 10.1 Å². The zero-order valence-electron chi connectivity index (χ0n) is 9.97. The Bertz CT molecular complexity index is 518. The molecule has 1 heterocycles. The van der Waals surface area contributed by atoms with Gasteiger partial charge in [-0.3, -0.25) is 0 Å². The van der Waals surface area contributed by atoms with Crippen LogP contribution in [0.25, 0.3) is 0 Å². The van der Waals surface area contributed by atoms with Gasteiger partial charge in [0, 0.05) is 4.90 Å². The van der Waals surface area contributed by atoms with Crippen molar-refractivity contribution in [1.29, 1.82) is 0 Å². The molecule has 0 unspecified atom stereocenters. The molecule has 0 radical (unpaired) electrons. The van der Waals surface area contributed by atoms with E-state index in [0.717, 1.165) is 6.42 Å². The summed E-state index contributed by atoms with van der Waals surface area (Å²) in [7, 11) is 0. The molecule has 2 N–H and O–H groups in total. The quantitative estimate of drug-likeness (QED) is 0.844. The van der Waals surface area contributed by atoms with Gasteiger partial charge < -0.3 is 10.3 Å². The van der Waals surface area contributed by atoms with Gasteiger partial charge in [-0.05, 0) is 18.6 Å². The first-order chi connectivity index (χ1) is 8.70. The van der Waals surface area contributed by atoms with Crippen LogP contribution in [0, 0.1) is 5.82 Å². The molecule has 6 heteroatoms. The molecule has 0 spiro atoms. The third kappa shape index (κ3) is 3.08. The van der Waals surface area contributed by atoms with Crippen molar-refractivity contribution in [2.24, 2.45) is 5.73 Å². The molecule has 0 bridgehead atoms. The smallest absolute Gasteiger partial charge is 0.243 e. The van der Waals surface area contributed by atoms with Crippen LogP contribution in [-0.4, -0.2) is 10.1 Å². The van der Waals surface area contributed by atoms with E-state index in [1.165, 1.54) is 17.8 Å². The van der Waals surface area contributed by atoms with E-state index in [4.69, 9.17) is 10.3 Å². The lowest BCUT2D eigenvalue weighted by atomic mass is 10.2. The van der Waals surface area contributed by atoms with E-state index in [0.29, 0.717) is 22.4 Å². The average Bonchev–Trinajstić information content (AvgIpc) is 2.86. The number of nitrogens with two attached hydrogens (primary N) is 1. The zero-order valence-corrected chi connectivity index (χ0v) is 10.8. The minimum absolute atomic E-state index is 0.232. The van der Waals surface area contributed by atoms with Crippen molar-refractivity contribution in [3.63, 3.8) is 0 Å². The second kappa shape index (κ2) is 5.97. The number of nitrogens with zero attached hydrogens (tertiary/aromatic N) is 2. The number of hydrogen-bond donors (Lipinski definition) is 1. The Hall–Kier alpha value is -1.40. The van der Waals surface area contributed by atoms with Crippen LogP contribution in [0.2, 0.25) is 0 Å². The van der Waals surface area contributed by atoms with E-state index in [1.54, 1.807) is 18.2 Å². The molecular weight excluding hydrogens is 253 g/mol. The number of thioether (sulfide) groups is 1. The lowest BCUT2D eigenvalue weighted by Gasteiger charge is -2.00. The Labute approximate surface area is 109 Å². The molecule has 0 aliphatic carbocycles. The fourth-order valence-electron chi connectivity index (χ4n) is 1.36. The first-order valence-corrected chi connectivity index (χ1v) is 6.64. The van der Waals surface area contributed by atoms with E-state index >= 15 is 0 Å². The van der Waals surface area contributed by atoms with Crippen LogP contribution >= 0.6 is 11.8 Å². The van der Waals surface area contributed by atoms with Crippen LogP contribution in [0.1, 0.15) is 31.1 Å².